The Morgan fingerprint density at radius 1 is 1.19 bits per heavy atom. The largest absolute Gasteiger partial charge is 0.480 e. The van der Waals surface area contributed by atoms with Gasteiger partial charge in [-0.15, -0.1) is 0 Å². The SMILES string of the molecule is NC(=O)CCC(C(=O)O)N1C(=O)c2cccc(NCc3ccco3)c2C1=O. The van der Waals surface area contributed by atoms with Crippen LogP contribution in [0.5, 0.6) is 0 Å². The molecule has 140 valence electrons. The summed E-state index contributed by atoms with van der Waals surface area (Å²) in [4.78, 5) is 48.8. The minimum absolute atomic E-state index is 0.0966. The number of rotatable bonds is 8. The van der Waals surface area contributed by atoms with Gasteiger partial charge in [0.15, 0.2) is 0 Å². The zero-order valence-corrected chi connectivity index (χ0v) is 14.2. The highest BCUT2D eigenvalue weighted by Crippen LogP contribution is 2.32. The third-order valence-corrected chi connectivity index (χ3v) is 4.24. The molecule has 0 bridgehead atoms. The van der Waals surface area contributed by atoms with Crippen molar-refractivity contribution >= 4 is 29.4 Å². The number of carbonyl (C=O) groups excluding carboxylic acids is 3. The minimum Gasteiger partial charge on any atom is -0.480 e. The van der Waals surface area contributed by atoms with E-state index in [0.29, 0.717) is 16.3 Å². The van der Waals surface area contributed by atoms with Crippen LogP contribution in [-0.2, 0) is 16.1 Å². The number of imide groups is 1. The maximum atomic E-state index is 12.8. The van der Waals surface area contributed by atoms with Crippen LogP contribution in [0.15, 0.2) is 41.0 Å². The van der Waals surface area contributed by atoms with Crippen LogP contribution in [0.1, 0.15) is 39.3 Å². The van der Waals surface area contributed by atoms with Gasteiger partial charge in [-0.2, -0.15) is 0 Å². The number of amides is 3. The van der Waals surface area contributed by atoms with Crippen LogP contribution in [-0.4, -0.2) is 39.7 Å². The Hall–Kier alpha value is -3.62. The summed E-state index contributed by atoms with van der Waals surface area (Å²) in [6, 6.07) is 6.68. The van der Waals surface area contributed by atoms with Gasteiger partial charge in [0.05, 0.1) is 23.9 Å². The topological polar surface area (TPSA) is 143 Å². The van der Waals surface area contributed by atoms with Crippen molar-refractivity contribution in [3.8, 4) is 0 Å². The second kappa shape index (κ2) is 7.32. The first kappa shape index (κ1) is 18.2. The van der Waals surface area contributed by atoms with Gasteiger partial charge in [0.1, 0.15) is 11.8 Å². The molecule has 1 aliphatic heterocycles. The smallest absolute Gasteiger partial charge is 0.326 e. The van der Waals surface area contributed by atoms with Gasteiger partial charge >= 0.3 is 5.97 Å². The lowest BCUT2D eigenvalue weighted by Crippen LogP contribution is -2.45. The number of carboxylic acid groups (broad SMARTS) is 1. The summed E-state index contributed by atoms with van der Waals surface area (Å²) in [5, 5.41) is 12.5. The van der Waals surface area contributed by atoms with Crippen molar-refractivity contribution < 1.29 is 28.7 Å². The molecule has 0 fully saturated rings. The Balaban J connectivity index is 1.88. The number of furan rings is 1. The minimum atomic E-state index is -1.47. The van der Waals surface area contributed by atoms with E-state index in [1.165, 1.54) is 12.3 Å². The van der Waals surface area contributed by atoms with Crippen molar-refractivity contribution in [3.63, 3.8) is 0 Å². The van der Waals surface area contributed by atoms with E-state index in [1.54, 1.807) is 24.3 Å². The quantitative estimate of drug-likeness (QED) is 0.592. The van der Waals surface area contributed by atoms with Crippen molar-refractivity contribution in [2.75, 3.05) is 5.32 Å². The van der Waals surface area contributed by atoms with Gasteiger partial charge in [-0.3, -0.25) is 19.3 Å². The number of benzene rings is 1. The maximum absolute atomic E-state index is 12.8. The second-order valence-corrected chi connectivity index (χ2v) is 6.00. The number of anilines is 1. The molecule has 3 amide bonds. The Bertz CT molecular complexity index is 906. The van der Waals surface area contributed by atoms with Crippen LogP contribution in [0.4, 0.5) is 5.69 Å². The molecule has 2 heterocycles. The van der Waals surface area contributed by atoms with Gasteiger partial charge in [0.2, 0.25) is 5.91 Å². The van der Waals surface area contributed by atoms with Crippen molar-refractivity contribution in [1.29, 1.82) is 0 Å². The van der Waals surface area contributed by atoms with Gasteiger partial charge < -0.3 is 20.6 Å². The number of nitrogens with zero attached hydrogens (tertiary/aromatic N) is 1. The van der Waals surface area contributed by atoms with E-state index in [2.05, 4.69) is 5.32 Å². The van der Waals surface area contributed by atoms with E-state index >= 15 is 0 Å². The highest BCUT2D eigenvalue weighted by molar-refractivity contribution is 6.24. The maximum Gasteiger partial charge on any atom is 0.326 e. The van der Waals surface area contributed by atoms with E-state index < -0.39 is 29.7 Å². The van der Waals surface area contributed by atoms with Crippen LogP contribution in [0.3, 0.4) is 0 Å². The lowest BCUT2D eigenvalue weighted by atomic mass is 10.1. The summed E-state index contributed by atoms with van der Waals surface area (Å²) >= 11 is 0. The molecule has 1 unspecified atom stereocenters. The predicted molar refractivity (Wildman–Crippen MR) is 92.8 cm³/mol. The van der Waals surface area contributed by atoms with E-state index in [0.717, 1.165) is 0 Å². The molecular formula is C18H17N3O6. The molecule has 9 heteroatoms. The van der Waals surface area contributed by atoms with E-state index in [-0.39, 0.29) is 30.5 Å². The highest BCUT2D eigenvalue weighted by Gasteiger charge is 2.44. The van der Waals surface area contributed by atoms with Gasteiger partial charge in [0, 0.05) is 12.1 Å². The molecule has 4 N–H and O–H groups in total. The standard InChI is InChI=1S/C18H17N3O6/c19-14(22)7-6-13(18(25)26)21-16(23)11-4-1-5-12(15(11)17(21)24)20-9-10-3-2-8-27-10/h1-5,8,13,20H,6-7,9H2,(H2,19,22)(H,25,26). The fraction of sp³-hybridized carbons (Fsp3) is 0.222. The van der Waals surface area contributed by atoms with Gasteiger partial charge in [-0.1, -0.05) is 6.07 Å². The van der Waals surface area contributed by atoms with Crippen LogP contribution in [0, 0.1) is 0 Å². The van der Waals surface area contributed by atoms with Crippen molar-refractivity contribution in [2.24, 2.45) is 5.73 Å². The fourth-order valence-corrected chi connectivity index (χ4v) is 2.97. The third-order valence-electron chi connectivity index (χ3n) is 4.24. The number of carbonyl (C=O) groups is 4. The number of hydrogen-bond donors (Lipinski definition) is 3. The number of hydrogen-bond acceptors (Lipinski definition) is 6. The first-order valence-electron chi connectivity index (χ1n) is 8.18. The summed E-state index contributed by atoms with van der Waals surface area (Å²) in [6.07, 6.45) is 1.01. The highest BCUT2D eigenvalue weighted by atomic mass is 16.4. The molecule has 1 aliphatic rings. The molecule has 27 heavy (non-hydrogen) atoms. The molecule has 1 aromatic heterocycles. The number of primary amides is 1. The Kier molecular flexibility index (Phi) is 4.93. The molecule has 9 nitrogen and oxygen atoms in total. The number of fused-ring (bicyclic) bond motifs is 1. The Morgan fingerprint density at radius 3 is 2.59 bits per heavy atom. The lowest BCUT2D eigenvalue weighted by molar-refractivity contribution is -0.141. The molecule has 0 aliphatic carbocycles. The van der Waals surface area contributed by atoms with Crippen molar-refractivity contribution in [1.82, 2.24) is 4.90 Å². The first-order chi connectivity index (χ1) is 12.9. The fourth-order valence-electron chi connectivity index (χ4n) is 2.97. The predicted octanol–water partition coefficient (Wildman–Crippen LogP) is 1.21. The molecule has 1 aromatic carbocycles. The summed E-state index contributed by atoms with van der Waals surface area (Å²) in [7, 11) is 0. The Morgan fingerprint density at radius 2 is 1.96 bits per heavy atom. The molecule has 0 saturated carbocycles. The van der Waals surface area contributed by atoms with Gasteiger partial charge in [0.25, 0.3) is 11.8 Å². The molecule has 0 radical (unpaired) electrons. The normalized spacial score (nSPS) is 14.1. The number of aliphatic carboxylic acids is 1. The third kappa shape index (κ3) is 3.52. The zero-order valence-electron chi connectivity index (χ0n) is 14.2. The summed E-state index contributed by atoms with van der Waals surface area (Å²) in [5.41, 5.74) is 5.66. The second-order valence-electron chi connectivity index (χ2n) is 6.00. The molecular weight excluding hydrogens is 354 g/mol. The van der Waals surface area contributed by atoms with Gasteiger partial charge in [-0.05, 0) is 30.7 Å². The average Bonchev–Trinajstić information content (AvgIpc) is 3.22. The van der Waals surface area contributed by atoms with E-state index in [4.69, 9.17) is 10.2 Å². The number of carboxylic acids is 1. The van der Waals surface area contributed by atoms with Crippen LogP contribution < -0.4 is 11.1 Å². The molecule has 1 atom stereocenters. The average molecular weight is 371 g/mol. The van der Waals surface area contributed by atoms with E-state index in [1.807, 2.05) is 0 Å². The summed E-state index contributed by atoms with van der Waals surface area (Å²) in [6.45, 7) is 0.287. The molecule has 0 spiro atoms. The van der Waals surface area contributed by atoms with Crippen LogP contribution >= 0.6 is 0 Å². The van der Waals surface area contributed by atoms with Crippen LogP contribution in [0.2, 0.25) is 0 Å². The number of nitrogens with two attached hydrogens (primary N) is 1. The Labute approximate surface area is 153 Å². The monoisotopic (exact) mass is 371 g/mol. The van der Waals surface area contributed by atoms with E-state index in [9.17, 15) is 24.3 Å². The van der Waals surface area contributed by atoms with Crippen molar-refractivity contribution in [2.45, 2.75) is 25.4 Å². The van der Waals surface area contributed by atoms with Crippen LogP contribution in [0.25, 0.3) is 0 Å². The number of nitrogens with one attached hydrogen (secondary N) is 1. The van der Waals surface area contributed by atoms with Crippen molar-refractivity contribution in [3.05, 3.63) is 53.5 Å². The summed E-state index contributed by atoms with van der Waals surface area (Å²) < 4.78 is 5.22. The first-order valence-corrected chi connectivity index (χ1v) is 8.18. The molecule has 0 saturated heterocycles. The molecule has 2 aromatic rings. The molecule has 3 rings (SSSR count). The van der Waals surface area contributed by atoms with Gasteiger partial charge in [-0.25, -0.2) is 4.79 Å². The lowest BCUT2D eigenvalue weighted by Gasteiger charge is -2.22. The zero-order chi connectivity index (χ0) is 19.6. The summed E-state index contributed by atoms with van der Waals surface area (Å²) in [5.74, 6) is -2.90.